The molecule has 0 bridgehead atoms. The van der Waals surface area contributed by atoms with Crippen molar-refractivity contribution in [1.29, 1.82) is 5.26 Å². The summed E-state index contributed by atoms with van der Waals surface area (Å²) in [6.45, 7) is 4.54. The molecule has 0 saturated heterocycles. The number of benzene rings is 2. The van der Waals surface area contributed by atoms with Crippen LogP contribution in [0.3, 0.4) is 0 Å². The van der Waals surface area contributed by atoms with Crippen molar-refractivity contribution in [1.82, 2.24) is 9.88 Å². The van der Waals surface area contributed by atoms with Crippen LogP contribution in [0.4, 0.5) is 0 Å². The van der Waals surface area contributed by atoms with Gasteiger partial charge < -0.3 is 4.90 Å². The van der Waals surface area contributed by atoms with E-state index in [1.54, 1.807) is 17.0 Å². The summed E-state index contributed by atoms with van der Waals surface area (Å²) in [4.78, 5) is 19.3. The Morgan fingerprint density at radius 3 is 2.50 bits per heavy atom. The molecule has 1 atom stereocenters. The van der Waals surface area contributed by atoms with Gasteiger partial charge in [0.2, 0.25) is 0 Å². The highest BCUT2D eigenvalue weighted by Gasteiger charge is 2.23. The van der Waals surface area contributed by atoms with Gasteiger partial charge in [0, 0.05) is 17.5 Å². The number of hydrogen-bond acceptors (Lipinski definition) is 4. The van der Waals surface area contributed by atoms with E-state index in [1.165, 1.54) is 11.3 Å². The van der Waals surface area contributed by atoms with Crippen LogP contribution < -0.4 is 0 Å². The first-order valence-electron chi connectivity index (χ1n) is 8.46. The minimum atomic E-state index is -0.0953. The summed E-state index contributed by atoms with van der Waals surface area (Å²) in [7, 11) is 0. The van der Waals surface area contributed by atoms with Crippen LogP contribution in [0.15, 0.2) is 60.0 Å². The molecule has 26 heavy (non-hydrogen) atoms. The van der Waals surface area contributed by atoms with Gasteiger partial charge in [-0.1, -0.05) is 42.5 Å². The average molecular weight is 361 g/mol. The van der Waals surface area contributed by atoms with Gasteiger partial charge in [0.1, 0.15) is 10.7 Å². The standard InChI is InChI=1S/C21H19N3OS/c1-3-24(15(2)17-11-9-16(13-22)10-12-17)21(25)19-14-26-20(23-19)18-7-5-4-6-8-18/h4-12,14-15H,3H2,1-2H3. The minimum Gasteiger partial charge on any atom is -0.331 e. The molecule has 1 heterocycles. The monoisotopic (exact) mass is 361 g/mol. The van der Waals surface area contributed by atoms with Crippen LogP contribution in [0.1, 0.15) is 41.5 Å². The molecule has 3 rings (SSSR count). The Labute approximate surface area is 157 Å². The number of rotatable bonds is 5. The van der Waals surface area contributed by atoms with Crippen molar-refractivity contribution in [3.63, 3.8) is 0 Å². The Morgan fingerprint density at radius 2 is 1.88 bits per heavy atom. The number of nitrogens with zero attached hydrogens (tertiary/aromatic N) is 3. The van der Waals surface area contributed by atoms with Crippen LogP contribution in [-0.2, 0) is 0 Å². The lowest BCUT2D eigenvalue weighted by Gasteiger charge is -2.27. The Kier molecular flexibility index (Phi) is 5.45. The topological polar surface area (TPSA) is 57.0 Å². The van der Waals surface area contributed by atoms with Crippen molar-refractivity contribution in [2.24, 2.45) is 0 Å². The van der Waals surface area contributed by atoms with Gasteiger partial charge >= 0.3 is 0 Å². The highest BCUT2D eigenvalue weighted by atomic mass is 32.1. The van der Waals surface area contributed by atoms with Crippen molar-refractivity contribution in [3.05, 3.63) is 76.8 Å². The fraction of sp³-hybridized carbons (Fsp3) is 0.190. The lowest BCUT2D eigenvalue weighted by Crippen LogP contribution is -2.33. The Bertz CT molecular complexity index is 926. The van der Waals surface area contributed by atoms with Crippen molar-refractivity contribution < 1.29 is 4.79 Å². The molecule has 0 spiro atoms. The van der Waals surface area contributed by atoms with Gasteiger partial charge in [-0.15, -0.1) is 11.3 Å². The second-order valence-corrected chi connectivity index (χ2v) is 6.76. The van der Waals surface area contributed by atoms with Gasteiger partial charge in [0.25, 0.3) is 5.91 Å². The maximum Gasteiger partial charge on any atom is 0.273 e. The molecular formula is C21H19N3OS. The summed E-state index contributed by atoms with van der Waals surface area (Å²) >= 11 is 1.48. The van der Waals surface area contributed by atoms with Crippen LogP contribution in [0.25, 0.3) is 10.6 Å². The van der Waals surface area contributed by atoms with Gasteiger partial charge in [-0.25, -0.2) is 4.98 Å². The molecule has 1 amide bonds. The third-order valence-corrected chi connectivity index (χ3v) is 5.23. The summed E-state index contributed by atoms with van der Waals surface area (Å²) in [5.74, 6) is -0.0807. The largest absolute Gasteiger partial charge is 0.331 e. The van der Waals surface area contributed by atoms with E-state index in [2.05, 4.69) is 11.1 Å². The SMILES string of the molecule is CCN(C(=O)c1csc(-c2ccccc2)n1)C(C)c1ccc(C#N)cc1. The fourth-order valence-corrected chi connectivity index (χ4v) is 3.64. The second-order valence-electron chi connectivity index (χ2n) is 5.90. The molecule has 5 heteroatoms. The fourth-order valence-electron chi connectivity index (χ4n) is 2.84. The number of aromatic nitrogens is 1. The molecule has 0 aliphatic rings. The number of nitriles is 1. The molecule has 0 aliphatic carbocycles. The normalized spacial score (nSPS) is 11.6. The maximum absolute atomic E-state index is 13.0. The Balaban J connectivity index is 1.82. The zero-order valence-electron chi connectivity index (χ0n) is 14.7. The Hall–Kier alpha value is -2.97. The van der Waals surface area contributed by atoms with Gasteiger partial charge in [-0.3, -0.25) is 4.79 Å². The van der Waals surface area contributed by atoms with Crippen LogP contribution in [0.2, 0.25) is 0 Å². The van der Waals surface area contributed by atoms with Gasteiger partial charge in [0.05, 0.1) is 17.7 Å². The minimum absolute atomic E-state index is 0.0807. The molecule has 1 aromatic heterocycles. The van der Waals surface area contributed by atoms with Crippen molar-refractivity contribution in [3.8, 4) is 16.6 Å². The number of carbonyl (C=O) groups is 1. The summed E-state index contributed by atoms with van der Waals surface area (Å²) in [5, 5.41) is 11.6. The number of thiazole rings is 1. The van der Waals surface area contributed by atoms with E-state index < -0.39 is 0 Å². The molecule has 0 radical (unpaired) electrons. The number of carbonyl (C=O) groups excluding carboxylic acids is 1. The predicted molar refractivity (Wildman–Crippen MR) is 104 cm³/mol. The molecular weight excluding hydrogens is 342 g/mol. The van der Waals surface area contributed by atoms with E-state index in [1.807, 2.05) is 61.7 Å². The summed E-state index contributed by atoms with van der Waals surface area (Å²) in [5.41, 5.74) is 3.09. The molecule has 0 N–H and O–H groups in total. The quantitative estimate of drug-likeness (QED) is 0.649. The third-order valence-electron chi connectivity index (χ3n) is 4.34. The zero-order valence-corrected chi connectivity index (χ0v) is 15.5. The first-order valence-corrected chi connectivity index (χ1v) is 9.34. The van der Waals surface area contributed by atoms with E-state index in [9.17, 15) is 4.79 Å². The average Bonchev–Trinajstić information content (AvgIpc) is 3.19. The lowest BCUT2D eigenvalue weighted by atomic mass is 10.0. The van der Waals surface area contributed by atoms with Gasteiger partial charge in [-0.05, 0) is 31.5 Å². The smallest absolute Gasteiger partial charge is 0.273 e. The first kappa shape index (κ1) is 17.8. The van der Waals surface area contributed by atoms with E-state index in [0.717, 1.165) is 16.1 Å². The maximum atomic E-state index is 13.0. The Morgan fingerprint density at radius 1 is 1.19 bits per heavy atom. The van der Waals surface area contributed by atoms with E-state index in [-0.39, 0.29) is 11.9 Å². The molecule has 1 unspecified atom stereocenters. The van der Waals surface area contributed by atoms with Crippen molar-refractivity contribution in [2.45, 2.75) is 19.9 Å². The molecule has 0 saturated carbocycles. The predicted octanol–water partition coefficient (Wildman–Crippen LogP) is 4.91. The van der Waals surface area contributed by atoms with E-state index >= 15 is 0 Å². The van der Waals surface area contributed by atoms with Crippen LogP contribution in [-0.4, -0.2) is 22.3 Å². The zero-order chi connectivity index (χ0) is 18.5. The second kappa shape index (κ2) is 7.94. The lowest BCUT2D eigenvalue weighted by molar-refractivity contribution is 0.0697. The molecule has 0 fully saturated rings. The molecule has 2 aromatic carbocycles. The third kappa shape index (κ3) is 3.66. The number of hydrogen-bond donors (Lipinski definition) is 0. The molecule has 0 aliphatic heterocycles. The first-order chi connectivity index (χ1) is 12.6. The van der Waals surface area contributed by atoms with Gasteiger partial charge in [0.15, 0.2) is 0 Å². The summed E-state index contributed by atoms with van der Waals surface area (Å²) in [6, 6.07) is 19.2. The summed E-state index contributed by atoms with van der Waals surface area (Å²) < 4.78 is 0. The van der Waals surface area contributed by atoms with Crippen LogP contribution in [0.5, 0.6) is 0 Å². The van der Waals surface area contributed by atoms with Crippen LogP contribution in [0, 0.1) is 11.3 Å². The molecule has 3 aromatic rings. The van der Waals surface area contributed by atoms with Gasteiger partial charge in [-0.2, -0.15) is 5.26 Å². The van der Waals surface area contributed by atoms with Crippen molar-refractivity contribution >= 4 is 17.2 Å². The van der Waals surface area contributed by atoms with Crippen LogP contribution >= 0.6 is 11.3 Å². The molecule has 4 nitrogen and oxygen atoms in total. The van der Waals surface area contributed by atoms with Crippen molar-refractivity contribution in [2.75, 3.05) is 6.54 Å². The highest BCUT2D eigenvalue weighted by Crippen LogP contribution is 2.26. The highest BCUT2D eigenvalue weighted by molar-refractivity contribution is 7.13. The molecule has 130 valence electrons. The summed E-state index contributed by atoms with van der Waals surface area (Å²) in [6.07, 6.45) is 0. The van der Waals surface area contributed by atoms with E-state index in [4.69, 9.17) is 5.26 Å². The van der Waals surface area contributed by atoms with E-state index in [0.29, 0.717) is 17.8 Å². The number of amides is 1.